The Morgan fingerprint density at radius 3 is 2.53 bits per heavy atom. The van der Waals surface area contributed by atoms with Gasteiger partial charge in [0.05, 0.1) is 5.69 Å². The van der Waals surface area contributed by atoms with Crippen LogP contribution in [0.2, 0.25) is 0 Å². The number of nitrogens with one attached hydrogen (secondary N) is 2. The minimum absolute atomic E-state index is 0.140. The van der Waals surface area contributed by atoms with E-state index in [1.54, 1.807) is 18.2 Å². The molecule has 0 amide bonds. The summed E-state index contributed by atoms with van der Waals surface area (Å²) in [6.07, 6.45) is 3.97. The number of ether oxygens (including phenoxy) is 1. The fraction of sp³-hybridized carbons (Fsp3) is 0.600. The number of benzene rings is 1. The fourth-order valence-corrected chi connectivity index (χ4v) is 5.13. The molecular weight excluding hydrogens is 443 g/mol. The van der Waals surface area contributed by atoms with Gasteiger partial charge in [0.15, 0.2) is 0 Å². The van der Waals surface area contributed by atoms with Gasteiger partial charge in [0, 0.05) is 37.8 Å². The highest BCUT2D eigenvalue weighted by Crippen LogP contribution is 2.32. The van der Waals surface area contributed by atoms with Crippen LogP contribution in [0.3, 0.4) is 0 Å². The lowest BCUT2D eigenvalue weighted by Gasteiger charge is -2.35. The van der Waals surface area contributed by atoms with Crippen LogP contribution in [0.25, 0.3) is 0 Å². The van der Waals surface area contributed by atoms with Crippen LogP contribution in [0, 0.1) is 5.92 Å². The van der Waals surface area contributed by atoms with E-state index in [-0.39, 0.29) is 5.75 Å². The monoisotopic (exact) mass is 477 g/mol. The van der Waals surface area contributed by atoms with E-state index >= 15 is 0 Å². The Morgan fingerprint density at radius 1 is 1.06 bits per heavy atom. The standard InChI is InChI=1S/C25H34F3N5O/c1-29-23-20-8-4-5-9-21(20)31-24(32-23)33(2)19-13-11-17(12-14-19)15-30-16-18-7-3-6-10-22(18)34-25(26,27)28/h3,6-7,10,17,19,30H,4-5,8-9,11-16H2,1-2H3,(H,29,31,32). The molecule has 2 N–H and O–H groups in total. The van der Waals surface area contributed by atoms with Crippen molar-refractivity contribution in [3.8, 4) is 5.75 Å². The van der Waals surface area contributed by atoms with Crippen LogP contribution in [-0.2, 0) is 19.4 Å². The SMILES string of the molecule is CNc1nc(N(C)C2CCC(CNCc3ccccc3OC(F)(F)F)CC2)nc2c1CCCC2. The number of hydrogen-bond acceptors (Lipinski definition) is 6. The van der Waals surface area contributed by atoms with Crippen molar-refractivity contribution in [2.24, 2.45) is 5.92 Å². The van der Waals surface area contributed by atoms with Gasteiger partial charge in [0.2, 0.25) is 5.95 Å². The second-order valence-corrected chi connectivity index (χ2v) is 9.33. The highest BCUT2D eigenvalue weighted by molar-refractivity contribution is 5.52. The van der Waals surface area contributed by atoms with Crippen LogP contribution in [0.1, 0.15) is 55.3 Å². The molecule has 1 aromatic carbocycles. The highest BCUT2D eigenvalue weighted by Gasteiger charge is 2.32. The van der Waals surface area contributed by atoms with Crippen molar-refractivity contribution in [2.75, 3.05) is 30.9 Å². The van der Waals surface area contributed by atoms with Gasteiger partial charge in [0.25, 0.3) is 0 Å². The van der Waals surface area contributed by atoms with Crippen molar-refractivity contribution in [1.82, 2.24) is 15.3 Å². The van der Waals surface area contributed by atoms with E-state index in [1.165, 1.54) is 30.2 Å². The summed E-state index contributed by atoms with van der Waals surface area (Å²) in [4.78, 5) is 11.9. The zero-order valence-corrected chi connectivity index (χ0v) is 19.9. The average Bonchev–Trinajstić information content (AvgIpc) is 2.83. The predicted molar refractivity (Wildman–Crippen MR) is 127 cm³/mol. The maximum absolute atomic E-state index is 12.6. The summed E-state index contributed by atoms with van der Waals surface area (Å²) in [6, 6.07) is 6.69. The summed E-state index contributed by atoms with van der Waals surface area (Å²) >= 11 is 0. The van der Waals surface area contributed by atoms with Crippen LogP contribution in [0.5, 0.6) is 5.75 Å². The molecule has 34 heavy (non-hydrogen) atoms. The Bertz CT molecular complexity index is 943. The highest BCUT2D eigenvalue weighted by atomic mass is 19.4. The van der Waals surface area contributed by atoms with Gasteiger partial charge in [-0.2, -0.15) is 4.98 Å². The van der Waals surface area contributed by atoms with Gasteiger partial charge >= 0.3 is 6.36 Å². The molecule has 0 unspecified atom stereocenters. The van der Waals surface area contributed by atoms with E-state index in [0.29, 0.717) is 24.1 Å². The van der Waals surface area contributed by atoms with Crippen LogP contribution in [0.4, 0.5) is 24.9 Å². The molecule has 6 nitrogen and oxygen atoms in total. The van der Waals surface area contributed by atoms with Gasteiger partial charge in [-0.15, -0.1) is 13.2 Å². The van der Waals surface area contributed by atoms with Gasteiger partial charge in [0.1, 0.15) is 11.6 Å². The molecule has 2 aliphatic rings. The van der Waals surface area contributed by atoms with Crippen molar-refractivity contribution < 1.29 is 17.9 Å². The Balaban J connectivity index is 1.28. The maximum Gasteiger partial charge on any atom is 0.573 e. The Kier molecular flexibility index (Phi) is 7.80. The van der Waals surface area contributed by atoms with Crippen molar-refractivity contribution in [3.63, 3.8) is 0 Å². The average molecular weight is 478 g/mol. The van der Waals surface area contributed by atoms with E-state index < -0.39 is 6.36 Å². The largest absolute Gasteiger partial charge is 0.573 e. The molecule has 0 bridgehead atoms. The van der Waals surface area contributed by atoms with Crippen LogP contribution < -0.4 is 20.3 Å². The normalized spacial score (nSPS) is 20.5. The molecule has 4 rings (SSSR count). The summed E-state index contributed by atoms with van der Waals surface area (Å²) in [5.74, 6) is 2.11. The molecule has 2 aromatic rings. The molecule has 0 radical (unpaired) electrons. The lowest BCUT2D eigenvalue weighted by Crippen LogP contribution is -2.38. The fourth-order valence-electron chi connectivity index (χ4n) is 5.13. The number of hydrogen-bond donors (Lipinski definition) is 2. The van der Waals surface area contributed by atoms with Crippen molar-refractivity contribution >= 4 is 11.8 Å². The van der Waals surface area contributed by atoms with E-state index in [0.717, 1.165) is 56.8 Å². The molecular formula is C25H34F3N5O. The number of para-hydroxylation sites is 1. The lowest BCUT2D eigenvalue weighted by molar-refractivity contribution is -0.274. The summed E-state index contributed by atoms with van der Waals surface area (Å²) < 4.78 is 42.0. The number of alkyl halides is 3. The number of aryl methyl sites for hydroxylation is 1. The summed E-state index contributed by atoms with van der Waals surface area (Å²) in [7, 11) is 4.01. The molecule has 1 heterocycles. The quantitative estimate of drug-likeness (QED) is 0.553. The number of rotatable bonds is 8. The Labute approximate surface area is 199 Å². The first kappa shape index (κ1) is 24.6. The summed E-state index contributed by atoms with van der Waals surface area (Å²) in [5.41, 5.74) is 2.96. The van der Waals surface area contributed by atoms with Crippen LogP contribution in [-0.4, -0.2) is 43.0 Å². The minimum atomic E-state index is -4.68. The number of nitrogens with zero attached hydrogens (tertiary/aromatic N) is 3. The number of anilines is 2. The van der Waals surface area contributed by atoms with E-state index in [9.17, 15) is 13.2 Å². The molecule has 0 atom stereocenters. The number of halogens is 3. The summed E-state index contributed by atoms with van der Waals surface area (Å²) in [5, 5.41) is 6.58. The third-order valence-corrected chi connectivity index (χ3v) is 7.03. The van der Waals surface area contributed by atoms with Gasteiger partial charge in [-0.05, 0) is 69.9 Å². The molecule has 1 fully saturated rings. The predicted octanol–water partition coefficient (Wildman–Crippen LogP) is 5.08. The van der Waals surface area contributed by atoms with E-state index in [1.807, 2.05) is 7.05 Å². The van der Waals surface area contributed by atoms with Crippen LogP contribution in [0.15, 0.2) is 24.3 Å². The van der Waals surface area contributed by atoms with Crippen LogP contribution >= 0.6 is 0 Å². The molecule has 0 spiro atoms. The number of fused-ring (bicyclic) bond motifs is 1. The molecule has 2 aliphatic carbocycles. The minimum Gasteiger partial charge on any atom is -0.405 e. The molecule has 0 saturated heterocycles. The molecule has 186 valence electrons. The van der Waals surface area contributed by atoms with Gasteiger partial charge in [-0.3, -0.25) is 0 Å². The first-order valence-corrected chi connectivity index (χ1v) is 12.2. The number of aromatic nitrogens is 2. The second kappa shape index (κ2) is 10.8. The third-order valence-electron chi connectivity index (χ3n) is 7.03. The zero-order valence-electron chi connectivity index (χ0n) is 19.9. The first-order valence-electron chi connectivity index (χ1n) is 12.2. The summed E-state index contributed by atoms with van der Waals surface area (Å²) in [6.45, 7) is 1.12. The Hall–Kier alpha value is -2.55. The van der Waals surface area contributed by atoms with Crippen molar-refractivity contribution in [2.45, 2.75) is 70.3 Å². The van der Waals surface area contributed by atoms with Crippen molar-refractivity contribution in [1.29, 1.82) is 0 Å². The smallest absolute Gasteiger partial charge is 0.405 e. The molecule has 1 aromatic heterocycles. The van der Waals surface area contributed by atoms with E-state index in [4.69, 9.17) is 9.97 Å². The Morgan fingerprint density at radius 2 is 1.79 bits per heavy atom. The van der Waals surface area contributed by atoms with Gasteiger partial charge in [-0.1, -0.05) is 18.2 Å². The first-order chi connectivity index (χ1) is 16.3. The maximum atomic E-state index is 12.6. The third kappa shape index (κ3) is 6.11. The zero-order chi connectivity index (χ0) is 24.1. The lowest BCUT2D eigenvalue weighted by atomic mass is 9.85. The van der Waals surface area contributed by atoms with Gasteiger partial charge in [-0.25, -0.2) is 4.98 Å². The topological polar surface area (TPSA) is 62.3 Å². The second-order valence-electron chi connectivity index (χ2n) is 9.33. The molecule has 9 heteroatoms. The molecule has 0 aliphatic heterocycles. The van der Waals surface area contributed by atoms with E-state index in [2.05, 4.69) is 27.3 Å². The van der Waals surface area contributed by atoms with Gasteiger partial charge < -0.3 is 20.3 Å². The molecule has 1 saturated carbocycles. The van der Waals surface area contributed by atoms with Crippen molar-refractivity contribution in [3.05, 3.63) is 41.1 Å².